The van der Waals surface area contributed by atoms with Gasteiger partial charge in [0.15, 0.2) is 0 Å². The molecule has 1 aliphatic carbocycles. The van der Waals surface area contributed by atoms with Crippen molar-refractivity contribution in [2.75, 3.05) is 31.1 Å². The summed E-state index contributed by atoms with van der Waals surface area (Å²) >= 11 is 6.29. The van der Waals surface area contributed by atoms with Crippen LogP contribution in [0.25, 0.3) is 0 Å². The van der Waals surface area contributed by atoms with E-state index in [2.05, 4.69) is 66.8 Å². The van der Waals surface area contributed by atoms with Crippen molar-refractivity contribution >= 4 is 46.8 Å². The number of piperidine rings is 2. The zero-order valence-electron chi connectivity index (χ0n) is 33.5. The minimum absolute atomic E-state index is 0.0263. The molecule has 0 radical (unpaired) electrons. The zero-order chi connectivity index (χ0) is 41.5. The van der Waals surface area contributed by atoms with Crippen molar-refractivity contribution < 1.29 is 28.7 Å². The number of hydrogen-bond donors (Lipinski definition) is 1. The Morgan fingerprint density at radius 2 is 1.61 bits per heavy atom. The Labute approximate surface area is 348 Å². The third kappa shape index (κ3) is 6.36. The second kappa shape index (κ2) is 14.2. The van der Waals surface area contributed by atoms with Gasteiger partial charge in [-0.2, -0.15) is 5.26 Å². The van der Waals surface area contributed by atoms with E-state index in [0.717, 1.165) is 60.6 Å². The highest BCUT2D eigenvalue weighted by atomic mass is 35.5. The summed E-state index contributed by atoms with van der Waals surface area (Å²) < 4.78 is 6.48. The van der Waals surface area contributed by atoms with Crippen LogP contribution in [0.2, 0.25) is 5.02 Å². The predicted octanol–water partition coefficient (Wildman–Crippen LogP) is 5.40. The molecule has 59 heavy (non-hydrogen) atoms. The van der Waals surface area contributed by atoms with Crippen LogP contribution < -0.4 is 15.0 Å². The van der Waals surface area contributed by atoms with E-state index in [4.69, 9.17) is 16.3 Å². The molecule has 5 aliphatic heterocycles. The molecule has 5 heterocycles. The smallest absolute Gasteiger partial charge is 0.264 e. The number of imide groups is 2. The van der Waals surface area contributed by atoms with Crippen molar-refractivity contribution in [1.82, 2.24) is 20.0 Å². The maximum atomic E-state index is 13.8. The molecule has 12 nitrogen and oxygen atoms in total. The number of likely N-dealkylation sites (tertiary alicyclic amines) is 1. The van der Waals surface area contributed by atoms with Crippen LogP contribution in [0.15, 0.2) is 54.6 Å². The number of ether oxygens (including phenoxy) is 1. The van der Waals surface area contributed by atoms with Gasteiger partial charge in [-0.1, -0.05) is 57.2 Å². The maximum Gasteiger partial charge on any atom is 0.264 e. The summed E-state index contributed by atoms with van der Waals surface area (Å²) in [7, 11) is 0. The lowest BCUT2D eigenvalue weighted by Crippen LogP contribution is -2.74. The minimum atomic E-state index is -0.991. The van der Waals surface area contributed by atoms with Gasteiger partial charge in [0, 0.05) is 72.1 Å². The normalized spacial score (nSPS) is 25.1. The number of amides is 5. The number of hydrogen-bond acceptors (Lipinski definition) is 9. The molecule has 1 atom stereocenters. The highest BCUT2D eigenvalue weighted by Crippen LogP contribution is 2.59. The molecule has 4 fully saturated rings. The summed E-state index contributed by atoms with van der Waals surface area (Å²) in [5, 5.41) is 11.9. The highest BCUT2D eigenvalue weighted by Gasteiger charge is 2.67. The number of nitrogens with one attached hydrogen (secondary N) is 1. The average Bonchev–Trinajstić information content (AvgIpc) is 3.63. The van der Waals surface area contributed by atoms with Crippen molar-refractivity contribution in [3.63, 3.8) is 0 Å². The summed E-state index contributed by atoms with van der Waals surface area (Å²) in [6.07, 6.45) is 1.91. The van der Waals surface area contributed by atoms with Crippen LogP contribution in [0.3, 0.4) is 0 Å². The second-order valence-electron chi connectivity index (χ2n) is 17.9. The van der Waals surface area contributed by atoms with E-state index in [-0.39, 0.29) is 47.6 Å². The summed E-state index contributed by atoms with van der Waals surface area (Å²) in [6.45, 7) is 12.3. The monoisotopic (exact) mass is 812 g/mol. The van der Waals surface area contributed by atoms with Gasteiger partial charge in [-0.05, 0) is 80.4 Å². The van der Waals surface area contributed by atoms with Crippen LogP contribution in [0.5, 0.6) is 5.75 Å². The number of anilines is 1. The molecular formula is C46H45ClN6O6. The number of carbonyl (C=O) groups is 5. The van der Waals surface area contributed by atoms with Crippen LogP contribution in [0, 0.1) is 39.9 Å². The topological polar surface area (TPSA) is 143 Å². The van der Waals surface area contributed by atoms with Crippen LogP contribution in [0.1, 0.15) is 101 Å². The van der Waals surface area contributed by atoms with Crippen LogP contribution in [-0.4, -0.2) is 94.6 Å². The fraction of sp³-hybridized carbons (Fsp3) is 0.435. The maximum absolute atomic E-state index is 13.8. The molecule has 9 rings (SSSR count). The molecule has 0 spiro atoms. The number of benzene rings is 3. The van der Waals surface area contributed by atoms with Crippen molar-refractivity contribution in [3.05, 3.63) is 93.0 Å². The third-order valence-electron chi connectivity index (χ3n) is 13.4. The number of rotatable bonds is 6. The van der Waals surface area contributed by atoms with Gasteiger partial charge in [0.05, 0.1) is 27.4 Å². The second-order valence-corrected chi connectivity index (χ2v) is 18.3. The molecule has 3 saturated heterocycles. The van der Waals surface area contributed by atoms with Crippen LogP contribution in [0.4, 0.5) is 5.69 Å². The molecule has 5 amide bonds. The molecule has 1 saturated carbocycles. The van der Waals surface area contributed by atoms with Gasteiger partial charge in [-0.15, -0.1) is 0 Å². The molecule has 13 heteroatoms. The molecule has 1 N–H and O–H groups in total. The molecule has 3 aromatic carbocycles. The minimum Gasteiger partial charge on any atom is -0.489 e. The summed E-state index contributed by atoms with van der Waals surface area (Å²) in [5.41, 5.74) is 3.64. The quantitative estimate of drug-likeness (QED) is 0.256. The standard InChI is InChI=1S/C46H45ClN6O6/c1-45(2)43(46(3,4)44(45)59-31-12-11-28(22-48)34(47)21-31)52-23-29-20-27(10-13-32(29)40(52)56)9-8-26-16-18-50(19-17-26)30-24-51(25-30)35-7-5-6-33-38(35)42(58)53(41(33)57)36-14-15-37(54)49-39(36)55/h5-7,10-13,20-21,26,30,36,43-44H,14-19,23-25H2,1-4H3,(H,49,54,55)/t36?,43-,44-. The van der Waals surface area contributed by atoms with Crippen molar-refractivity contribution in [2.24, 2.45) is 16.7 Å². The first kappa shape index (κ1) is 38.8. The predicted molar refractivity (Wildman–Crippen MR) is 219 cm³/mol. The summed E-state index contributed by atoms with van der Waals surface area (Å²) in [5.74, 6) is 5.83. The molecule has 302 valence electrons. The molecule has 0 aromatic heterocycles. The van der Waals surface area contributed by atoms with Crippen molar-refractivity contribution in [2.45, 2.75) is 84.2 Å². The molecule has 1 unspecified atom stereocenters. The van der Waals surface area contributed by atoms with E-state index in [9.17, 15) is 29.2 Å². The summed E-state index contributed by atoms with van der Waals surface area (Å²) in [4.78, 5) is 72.6. The van der Waals surface area contributed by atoms with Gasteiger partial charge in [-0.3, -0.25) is 39.1 Å². The fourth-order valence-corrected chi connectivity index (χ4v) is 11.1. The first-order chi connectivity index (χ1) is 28.2. The Hall–Kier alpha value is -5.69. The highest BCUT2D eigenvalue weighted by molar-refractivity contribution is 6.31. The van der Waals surface area contributed by atoms with Gasteiger partial charge >= 0.3 is 0 Å². The number of carbonyl (C=O) groups excluding carboxylic acids is 5. The fourth-order valence-electron chi connectivity index (χ4n) is 10.9. The van der Waals surface area contributed by atoms with Gasteiger partial charge in [0.1, 0.15) is 24.0 Å². The van der Waals surface area contributed by atoms with Crippen molar-refractivity contribution in [3.8, 4) is 23.7 Å². The molecule has 6 aliphatic rings. The Balaban J connectivity index is 0.792. The van der Waals surface area contributed by atoms with E-state index in [1.807, 2.05) is 23.1 Å². The number of nitriles is 1. The molecule has 3 aromatic rings. The van der Waals surface area contributed by atoms with E-state index < -0.39 is 29.7 Å². The number of fused-ring (bicyclic) bond motifs is 2. The largest absolute Gasteiger partial charge is 0.489 e. The van der Waals surface area contributed by atoms with E-state index in [1.165, 1.54) is 0 Å². The first-order valence-electron chi connectivity index (χ1n) is 20.3. The van der Waals surface area contributed by atoms with Gasteiger partial charge < -0.3 is 14.5 Å². The van der Waals surface area contributed by atoms with Gasteiger partial charge in [-0.25, -0.2) is 0 Å². The molecule has 0 bridgehead atoms. The first-order valence-corrected chi connectivity index (χ1v) is 20.7. The SMILES string of the molecule is CC1(C)[C@H](Oc2ccc(C#N)c(Cl)c2)C(C)(C)[C@H]1N1Cc2cc(C#CC3CCN(C4CN(c5cccc6c5C(=O)N(C5CCC(=O)NC5=O)C6=O)C4)CC3)ccc2C1=O. The number of halogens is 1. The third-order valence-corrected chi connectivity index (χ3v) is 13.8. The van der Waals surface area contributed by atoms with Crippen LogP contribution >= 0.6 is 11.6 Å². The van der Waals surface area contributed by atoms with E-state index in [1.54, 1.807) is 30.3 Å². The Bertz CT molecular complexity index is 2430. The summed E-state index contributed by atoms with van der Waals surface area (Å²) in [6, 6.07) is 17.7. The lowest BCUT2D eigenvalue weighted by Gasteiger charge is -2.65. The Kier molecular flexibility index (Phi) is 9.37. The van der Waals surface area contributed by atoms with Crippen LogP contribution in [-0.2, 0) is 16.1 Å². The Morgan fingerprint density at radius 3 is 2.31 bits per heavy atom. The lowest BCUT2D eigenvalue weighted by atomic mass is 9.49. The van der Waals surface area contributed by atoms with E-state index in [0.29, 0.717) is 45.7 Å². The van der Waals surface area contributed by atoms with Gasteiger partial charge in [0.25, 0.3) is 17.7 Å². The lowest BCUT2D eigenvalue weighted by molar-refractivity contribution is -0.199. The average molecular weight is 813 g/mol. The number of nitrogens with zero attached hydrogens (tertiary/aromatic N) is 5. The zero-order valence-corrected chi connectivity index (χ0v) is 34.3. The molecular weight excluding hydrogens is 768 g/mol. The van der Waals surface area contributed by atoms with Crippen molar-refractivity contribution in [1.29, 1.82) is 5.26 Å². The van der Waals surface area contributed by atoms with Gasteiger partial charge in [0.2, 0.25) is 11.8 Å². The van der Waals surface area contributed by atoms with E-state index >= 15 is 0 Å². The Morgan fingerprint density at radius 1 is 0.864 bits per heavy atom.